The number of Topliss-reactive ketones (excluding diaryl/α,β-unsaturated/α-hetero) is 1. The van der Waals surface area contributed by atoms with Gasteiger partial charge in [0.15, 0.2) is 10.9 Å². The summed E-state index contributed by atoms with van der Waals surface area (Å²) in [4.78, 5) is 20.7. The van der Waals surface area contributed by atoms with E-state index in [-0.39, 0.29) is 11.7 Å². The van der Waals surface area contributed by atoms with Gasteiger partial charge in [0.05, 0.1) is 5.69 Å². The number of ether oxygens (including phenoxy) is 1. The third-order valence-electron chi connectivity index (χ3n) is 4.27. The molecule has 0 unspecified atom stereocenters. The molecule has 0 atom stereocenters. The van der Waals surface area contributed by atoms with Crippen molar-refractivity contribution in [3.05, 3.63) is 77.0 Å². The second-order valence-electron chi connectivity index (χ2n) is 7.03. The lowest BCUT2D eigenvalue weighted by Gasteiger charge is -2.11. The second-order valence-corrected chi connectivity index (χ2v) is 7.97. The predicted octanol–water partition coefficient (Wildman–Crippen LogP) is 6.20. The zero-order chi connectivity index (χ0) is 20.1. The van der Waals surface area contributed by atoms with Crippen molar-refractivity contribution in [2.24, 2.45) is 0 Å². The maximum Gasteiger partial charge on any atom is 0.223 e. The SMILES string of the molecule is CC(=O)c1ccc(Oc2cc(C(C)C)nc(SCc3ccc(C)cc3)n2)cc1. The Hall–Kier alpha value is -2.66. The standard InChI is InChI=1S/C23H24N2O2S/c1-15(2)21-13-22(27-20-11-9-19(10-12-20)17(4)26)25-23(24-21)28-14-18-7-5-16(3)6-8-18/h5-13,15H,14H2,1-4H3. The summed E-state index contributed by atoms with van der Waals surface area (Å²) in [6.45, 7) is 7.83. The number of carbonyl (C=O) groups is 1. The molecule has 0 aliphatic heterocycles. The van der Waals surface area contributed by atoms with E-state index in [0.29, 0.717) is 22.3 Å². The molecule has 0 saturated carbocycles. The second kappa shape index (κ2) is 9.02. The molecule has 0 saturated heterocycles. The average Bonchev–Trinajstić information content (AvgIpc) is 2.68. The lowest BCUT2D eigenvalue weighted by Crippen LogP contribution is -2.00. The minimum absolute atomic E-state index is 0.0328. The molecule has 1 heterocycles. The summed E-state index contributed by atoms with van der Waals surface area (Å²) in [5.74, 6) is 2.26. The normalized spacial score (nSPS) is 10.9. The molecule has 2 aromatic carbocycles. The molecule has 0 amide bonds. The number of hydrogen-bond acceptors (Lipinski definition) is 5. The molecule has 0 N–H and O–H groups in total. The number of benzene rings is 2. The molecule has 1 aromatic heterocycles. The van der Waals surface area contributed by atoms with Crippen molar-refractivity contribution in [2.45, 2.75) is 44.5 Å². The van der Waals surface area contributed by atoms with Gasteiger partial charge in [0.1, 0.15) is 5.75 Å². The minimum Gasteiger partial charge on any atom is -0.439 e. The van der Waals surface area contributed by atoms with Gasteiger partial charge < -0.3 is 4.74 Å². The van der Waals surface area contributed by atoms with Gasteiger partial charge in [-0.25, -0.2) is 4.98 Å². The summed E-state index contributed by atoms with van der Waals surface area (Å²) in [6, 6.07) is 17.4. The maximum atomic E-state index is 11.4. The van der Waals surface area contributed by atoms with Crippen LogP contribution in [0.2, 0.25) is 0 Å². The number of ketones is 1. The van der Waals surface area contributed by atoms with Crippen molar-refractivity contribution in [3.8, 4) is 11.6 Å². The Kier molecular flexibility index (Phi) is 6.47. The van der Waals surface area contributed by atoms with Crippen LogP contribution in [0.1, 0.15) is 53.9 Å². The highest BCUT2D eigenvalue weighted by atomic mass is 32.2. The number of aromatic nitrogens is 2. The predicted molar refractivity (Wildman–Crippen MR) is 113 cm³/mol. The van der Waals surface area contributed by atoms with Crippen LogP contribution in [0.25, 0.3) is 0 Å². The molecule has 0 radical (unpaired) electrons. The zero-order valence-corrected chi connectivity index (χ0v) is 17.4. The van der Waals surface area contributed by atoms with Crippen LogP contribution in [0.3, 0.4) is 0 Å². The molecule has 0 bridgehead atoms. The topological polar surface area (TPSA) is 52.1 Å². The van der Waals surface area contributed by atoms with Crippen molar-refractivity contribution in [2.75, 3.05) is 0 Å². The van der Waals surface area contributed by atoms with E-state index in [1.54, 1.807) is 43.0 Å². The lowest BCUT2D eigenvalue weighted by atomic mass is 10.1. The van der Waals surface area contributed by atoms with E-state index >= 15 is 0 Å². The average molecular weight is 393 g/mol. The summed E-state index contributed by atoms with van der Waals surface area (Å²) in [5.41, 5.74) is 4.08. The van der Waals surface area contributed by atoms with Crippen molar-refractivity contribution in [3.63, 3.8) is 0 Å². The van der Waals surface area contributed by atoms with Gasteiger partial charge in [0.2, 0.25) is 5.88 Å². The summed E-state index contributed by atoms with van der Waals surface area (Å²) in [6.07, 6.45) is 0. The van der Waals surface area contributed by atoms with Gasteiger partial charge in [-0.05, 0) is 49.6 Å². The van der Waals surface area contributed by atoms with Gasteiger partial charge in [-0.3, -0.25) is 4.79 Å². The number of rotatable bonds is 7. The molecule has 0 aliphatic carbocycles. The quantitative estimate of drug-likeness (QED) is 0.272. The fourth-order valence-electron chi connectivity index (χ4n) is 2.54. The van der Waals surface area contributed by atoms with Crippen LogP contribution >= 0.6 is 11.8 Å². The molecular formula is C23H24N2O2S. The Labute approximate surface area is 170 Å². The van der Waals surface area contributed by atoms with E-state index in [9.17, 15) is 4.79 Å². The molecule has 28 heavy (non-hydrogen) atoms. The third-order valence-corrected chi connectivity index (χ3v) is 5.18. The van der Waals surface area contributed by atoms with Gasteiger partial charge in [0.25, 0.3) is 0 Å². The van der Waals surface area contributed by atoms with Gasteiger partial charge in [-0.2, -0.15) is 4.98 Å². The van der Waals surface area contributed by atoms with E-state index < -0.39 is 0 Å². The summed E-state index contributed by atoms with van der Waals surface area (Å²) >= 11 is 1.60. The number of carbonyl (C=O) groups excluding carboxylic acids is 1. The van der Waals surface area contributed by atoms with Crippen molar-refractivity contribution in [1.82, 2.24) is 9.97 Å². The van der Waals surface area contributed by atoms with Crippen LogP contribution in [-0.2, 0) is 5.75 Å². The highest BCUT2D eigenvalue weighted by Crippen LogP contribution is 2.28. The number of thioether (sulfide) groups is 1. The van der Waals surface area contributed by atoms with E-state index in [2.05, 4.69) is 55.0 Å². The van der Waals surface area contributed by atoms with Crippen LogP contribution < -0.4 is 4.74 Å². The third kappa shape index (κ3) is 5.42. The zero-order valence-electron chi connectivity index (χ0n) is 16.6. The smallest absolute Gasteiger partial charge is 0.223 e. The van der Waals surface area contributed by atoms with Crippen molar-refractivity contribution in [1.29, 1.82) is 0 Å². The Bertz CT molecular complexity index is 951. The first kappa shape index (κ1) is 20.1. The molecule has 3 aromatic rings. The molecule has 0 spiro atoms. The molecule has 144 valence electrons. The van der Waals surface area contributed by atoms with Gasteiger partial charge in [-0.15, -0.1) is 0 Å². The highest BCUT2D eigenvalue weighted by Gasteiger charge is 2.11. The van der Waals surface area contributed by atoms with Gasteiger partial charge >= 0.3 is 0 Å². The highest BCUT2D eigenvalue weighted by molar-refractivity contribution is 7.98. The fourth-order valence-corrected chi connectivity index (χ4v) is 3.36. The molecule has 4 nitrogen and oxygen atoms in total. The molecule has 0 aliphatic rings. The lowest BCUT2D eigenvalue weighted by molar-refractivity contribution is 0.101. The molecule has 5 heteroatoms. The first-order valence-corrected chi connectivity index (χ1v) is 10.3. The maximum absolute atomic E-state index is 11.4. The van der Waals surface area contributed by atoms with Crippen LogP contribution in [-0.4, -0.2) is 15.8 Å². The minimum atomic E-state index is 0.0328. The Morgan fingerprint density at radius 1 is 1.04 bits per heavy atom. The van der Waals surface area contributed by atoms with Gasteiger partial charge in [-0.1, -0.05) is 55.4 Å². The summed E-state index contributed by atoms with van der Waals surface area (Å²) in [5, 5.41) is 0.696. The first-order chi connectivity index (χ1) is 13.4. The van der Waals surface area contributed by atoms with E-state index in [1.807, 2.05) is 6.07 Å². The van der Waals surface area contributed by atoms with Crippen LogP contribution in [0.15, 0.2) is 59.8 Å². The Balaban J connectivity index is 1.78. The van der Waals surface area contributed by atoms with Crippen molar-refractivity contribution < 1.29 is 9.53 Å². The van der Waals surface area contributed by atoms with Crippen LogP contribution in [0, 0.1) is 6.92 Å². The number of aryl methyl sites for hydroxylation is 1. The molecular weight excluding hydrogens is 368 g/mol. The monoisotopic (exact) mass is 392 g/mol. The number of hydrogen-bond donors (Lipinski definition) is 0. The fraction of sp³-hybridized carbons (Fsp3) is 0.261. The number of nitrogens with zero attached hydrogens (tertiary/aromatic N) is 2. The van der Waals surface area contributed by atoms with Gasteiger partial charge in [0, 0.05) is 17.4 Å². The Morgan fingerprint density at radius 2 is 1.71 bits per heavy atom. The van der Waals surface area contributed by atoms with E-state index in [0.717, 1.165) is 11.4 Å². The summed E-state index contributed by atoms with van der Waals surface area (Å²) in [7, 11) is 0. The first-order valence-electron chi connectivity index (χ1n) is 9.27. The molecule has 3 rings (SSSR count). The van der Waals surface area contributed by atoms with Crippen molar-refractivity contribution >= 4 is 17.5 Å². The summed E-state index contributed by atoms with van der Waals surface area (Å²) < 4.78 is 5.94. The van der Waals surface area contributed by atoms with E-state index in [1.165, 1.54) is 11.1 Å². The van der Waals surface area contributed by atoms with Crippen LogP contribution in [0.4, 0.5) is 0 Å². The van der Waals surface area contributed by atoms with Crippen LogP contribution in [0.5, 0.6) is 11.6 Å². The largest absolute Gasteiger partial charge is 0.439 e. The Morgan fingerprint density at radius 3 is 2.32 bits per heavy atom. The van der Waals surface area contributed by atoms with E-state index in [4.69, 9.17) is 4.74 Å². The molecule has 0 fully saturated rings.